The molecule has 0 aliphatic heterocycles. The molecule has 2 N–H and O–H groups in total. The van der Waals surface area contributed by atoms with Gasteiger partial charge in [-0.3, -0.25) is 0 Å². The maximum atomic E-state index is 5.67. The van der Waals surface area contributed by atoms with Crippen LogP contribution in [0.15, 0.2) is 0 Å². The second-order valence-corrected chi connectivity index (χ2v) is 4.14. The second kappa shape index (κ2) is 4.10. The van der Waals surface area contributed by atoms with E-state index in [-0.39, 0.29) is 0 Å². The lowest BCUT2D eigenvalue weighted by Gasteiger charge is -2.32. The van der Waals surface area contributed by atoms with Crippen molar-refractivity contribution in [2.75, 3.05) is 6.54 Å². The molecule has 2 unspecified atom stereocenters. The first-order valence-corrected chi connectivity index (χ1v) is 4.95. The summed E-state index contributed by atoms with van der Waals surface area (Å²) in [5.41, 5.74) is 5.67. The zero-order chi connectivity index (χ0) is 8.27. The number of hydrogen-bond acceptors (Lipinski definition) is 1. The molecule has 0 aromatic rings. The third-order valence-electron chi connectivity index (χ3n) is 3.28. The molecule has 0 spiro atoms. The van der Waals surface area contributed by atoms with Crippen LogP contribution in [0.2, 0.25) is 0 Å². The summed E-state index contributed by atoms with van der Waals surface area (Å²) >= 11 is 0. The van der Waals surface area contributed by atoms with Gasteiger partial charge >= 0.3 is 0 Å². The van der Waals surface area contributed by atoms with E-state index in [2.05, 4.69) is 13.8 Å². The van der Waals surface area contributed by atoms with Crippen molar-refractivity contribution in [2.24, 2.45) is 23.5 Å². The summed E-state index contributed by atoms with van der Waals surface area (Å²) in [5, 5.41) is 0. The fourth-order valence-corrected chi connectivity index (χ4v) is 2.37. The van der Waals surface area contributed by atoms with Gasteiger partial charge in [-0.15, -0.1) is 0 Å². The van der Waals surface area contributed by atoms with Crippen molar-refractivity contribution in [3.05, 3.63) is 0 Å². The van der Waals surface area contributed by atoms with Crippen molar-refractivity contribution in [1.29, 1.82) is 0 Å². The predicted molar refractivity (Wildman–Crippen MR) is 49.3 cm³/mol. The van der Waals surface area contributed by atoms with E-state index in [0.717, 1.165) is 24.3 Å². The Kier molecular flexibility index (Phi) is 3.38. The van der Waals surface area contributed by atoms with Crippen LogP contribution < -0.4 is 5.73 Å². The van der Waals surface area contributed by atoms with E-state index >= 15 is 0 Å². The molecule has 0 radical (unpaired) electrons. The molecule has 0 bridgehead atoms. The molecule has 1 nitrogen and oxygen atoms in total. The van der Waals surface area contributed by atoms with Crippen LogP contribution in [0.3, 0.4) is 0 Å². The van der Waals surface area contributed by atoms with Gasteiger partial charge in [-0.05, 0) is 30.7 Å². The van der Waals surface area contributed by atoms with Crippen LogP contribution in [0, 0.1) is 17.8 Å². The van der Waals surface area contributed by atoms with Gasteiger partial charge in [0, 0.05) is 0 Å². The monoisotopic (exact) mass is 155 g/mol. The summed E-state index contributed by atoms with van der Waals surface area (Å²) in [6.07, 6.45) is 5.71. The van der Waals surface area contributed by atoms with E-state index in [4.69, 9.17) is 5.73 Å². The molecule has 1 rings (SSSR count). The highest BCUT2D eigenvalue weighted by Gasteiger charge is 2.25. The third kappa shape index (κ3) is 2.19. The predicted octanol–water partition coefficient (Wildman–Crippen LogP) is 2.41. The van der Waals surface area contributed by atoms with Crippen LogP contribution in [0.1, 0.15) is 39.5 Å². The molecule has 1 heteroatoms. The van der Waals surface area contributed by atoms with Crippen LogP contribution in [-0.2, 0) is 0 Å². The Hall–Kier alpha value is -0.0400. The first kappa shape index (κ1) is 9.05. The molecule has 0 saturated heterocycles. The van der Waals surface area contributed by atoms with Crippen LogP contribution in [0.5, 0.6) is 0 Å². The van der Waals surface area contributed by atoms with Crippen LogP contribution in [0.4, 0.5) is 0 Å². The molecule has 66 valence electrons. The van der Waals surface area contributed by atoms with E-state index in [1.165, 1.54) is 25.7 Å². The minimum absolute atomic E-state index is 0.741. The molecule has 1 saturated carbocycles. The van der Waals surface area contributed by atoms with Gasteiger partial charge < -0.3 is 5.73 Å². The lowest BCUT2D eigenvalue weighted by Crippen LogP contribution is -2.28. The molecular formula is C10H21N. The van der Waals surface area contributed by atoms with Gasteiger partial charge in [0.25, 0.3) is 0 Å². The second-order valence-electron chi connectivity index (χ2n) is 4.14. The highest BCUT2D eigenvalue weighted by atomic mass is 14.6. The standard InChI is InChI=1S/C10H21N/c1-8-5-3-4-6-10(8)9(2)7-11/h8-10H,3-7,11H2,1-2H3/t8?,9-,10?/m0/s1. The average Bonchev–Trinajstić information content (AvgIpc) is 2.04. The summed E-state index contributed by atoms with van der Waals surface area (Å²) in [6, 6.07) is 0. The van der Waals surface area contributed by atoms with Gasteiger partial charge in [-0.25, -0.2) is 0 Å². The van der Waals surface area contributed by atoms with Crippen LogP contribution in [-0.4, -0.2) is 6.54 Å². The summed E-state index contributed by atoms with van der Waals surface area (Å²) in [4.78, 5) is 0. The molecule has 0 aromatic carbocycles. The highest BCUT2D eigenvalue weighted by Crippen LogP contribution is 2.34. The quantitative estimate of drug-likeness (QED) is 0.651. The molecule has 11 heavy (non-hydrogen) atoms. The number of hydrogen-bond donors (Lipinski definition) is 1. The van der Waals surface area contributed by atoms with E-state index in [1.807, 2.05) is 0 Å². The lowest BCUT2D eigenvalue weighted by molar-refractivity contribution is 0.189. The van der Waals surface area contributed by atoms with E-state index < -0.39 is 0 Å². The molecule has 1 fully saturated rings. The van der Waals surface area contributed by atoms with Crippen molar-refractivity contribution >= 4 is 0 Å². The summed E-state index contributed by atoms with van der Waals surface area (Å²) < 4.78 is 0. The normalized spacial score (nSPS) is 35.2. The Labute approximate surface area is 70.4 Å². The molecule has 0 amide bonds. The summed E-state index contributed by atoms with van der Waals surface area (Å²) in [5.74, 6) is 2.57. The summed E-state index contributed by atoms with van der Waals surface area (Å²) in [7, 11) is 0. The average molecular weight is 155 g/mol. The summed E-state index contributed by atoms with van der Waals surface area (Å²) in [6.45, 7) is 5.55. The van der Waals surface area contributed by atoms with Crippen molar-refractivity contribution < 1.29 is 0 Å². The molecule has 0 aromatic heterocycles. The fraction of sp³-hybridized carbons (Fsp3) is 1.00. The fourth-order valence-electron chi connectivity index (χ4n) is 2.37. The zero-order valence-corrected chi connectivity index (χ0v) is 7.84. The van der Waals surface area contributed by atoms with Crippen LogP contribution >= 0.6 is 0 Å². The topological polar surface area (TPSA) is 26.0 Å². The van der Waals surface area contributed by atoms with Gasteiger partial charge in [0.15, 0.2) is 0 Å². The first-order chi connectivity index (χ1) is 5.25. The Morgan fingerprint density at radius 1 is 1.36 bits per heavy atom. The first-order valence-electron chi connectivity index (χ1n) is 4.95. The number of nitrogens with two attached hydrogens (primary N) is 1. The SMILES string of the molecule is CC1CCCCC1[C@@H](C)CN. The van der Waals surface area contributed by atoms with E-state index in [0.29, 0.717) is 0 Å². The Bertz CT molecular complexity index is 107. The lowest BCUT2D eigenvalue weighted by atomic mass is 9.74. The molecule has 0 heterocycles. The molecule has 1 aliphatic carbocycles. The van der Waals surface area contributed by atoms with Gasteiger partial charge in [-0.1, -0.05) is 33.1 Å². The largest absolute Gasteiger partial charge is 0.330 e. The maximum Gasteiger partial charge on any atom is -0.00488 e. The van der Waals surface area contributed by atoms with Gasteiger partial charge in [0.2, 0.25) is 0 Å². The molecular weight excluding hydrogens is 134 g/mol. The smallest absolute Gasteiger partial charge is 0.00488 e. The van der Waals surface area contributed by atoms with Crippen molar-refractivity contribution in [3.8, 4) is 0 Å². The Morgan fingerprint density at radius 3 is 2.55 bits per heavy atom. The minimum atomic E-state index is 0.741. The minimum Gasteiger partial charge on any atom is -0.330 e. The zero-order valence-electron chi connectivity index (χ0n) is 7.84. The van der Waals surface area contributed by atoms with Crippen molar-refractivity contribution in [1.82, 2.24) is 0 Å². The van der Waals surface area contributed by atoms with E-state index in [9.17, 15) is 0 Å². The van der Waals surface area contributed by atoms with Gasteiger partial charge in [0.05, 0.1) is 0 Å². The Morgan fingerprint density at radius 2 is 2.00 bits per heavy atom. The maximum absolute atomic E-state index is 5.67. The molecule has 1 aliphatic rings. The van der Waals surface area contributed by atoms with E-state index in [1.54, 1.807) is 0 Å². The Balaban J connectivity index is 2.40. The van der Waals surface area contributed by atoms with Crippen molar-refractivity contribution in [3.63, 3.8) is 0 Å². The van der Waals surface area contributed by atoms with Crippen molar-refractivity contribution in [2.45, 2.75) is 39.5 Å². The molecule has 3 atom stereocenters. The highest BCUT2D eigenvalue weighted by molar-refractivity contribution is 4.76. The van der Waals surface area contributed by atoms with Gasteiger partial charge in [-0.2, -0.15) is 0 Å². The number of rotatable bonds is 2. The van der Waals surface area contributed by atoms with Crippen LogP contribution in [0.25, 0.3) is 0 Å². The third-order valence-corrected chi connectivity index (χ3v) is 3.28. The van der Waals surface area contributed by atoms with Gasteiger partial charge in [0.1, 0.15) is 0 Å².